The van der Waals surface area contributed by atoms with Crippen molar-refractivity contribution in [2.45, 2.75) is 38.1 Å². The maximum Gasteiger partial charge on any atom is 0.247 e. The molecule has 0 atom stereocenters. The Morgan fingerprint density at radius 3 is 2.74 bits per heavy atom. The third kappa shape index (κ3) is 3.04. The lowest BCUT2D eigenvalue weighted by atomic mass is 9.85. The first-order chi connectivity index (χ1) is 8.76. The van der Waals surface area contributed by atoms with Crippen molar-refractivity contribution in [2.24, 2.45) is 11.1 Å². The lowest BCUT2D eigenvalue weighted by Gasteiger charge is -2.36. The summed E-state index contributed by atoms with van der Waals surface area (Å²) < 4.78 is 32.3. The summed E-state index contributed by atoms with van der Waals surface area (Å²) in [6, 6.07) is 1.50. The molecule has 5 nitrogen and oxygen atoms in total. The molecular weight excluding hydrogens is 332 g/mol. The second-order valence-corrected chi connectivity index (χ2v) is 8.29. The maximum atomic E-state index is 12.6. The van der Waals surface area contributed by atoms with Gasteiger partial charge in [0.05, 0.1) is 6.54 Å². The third-order valence-electron chi connectivity index (χ3n) is 3.39. The number of sulfonamides is 1. The van der Waals surface area contributed by atoms with Crippen LogP contribution in [0.3, 0.4) is 0 Å². The summed E-state index contributed by atoms with van der Waals surface area (Å²) in [6.07, 6.45) is 1.92. The van der Waals surface area contributed by atoms with Crippen molar-refractivity contribution < 1.29 is 12.8 Å². The second kappa shape index (κ2) is 5.20. The summed E-state index contributed by atoms with van der Waals surface area (Å²) in [6.45, 7) is 5.45. The predicted molar refractivity (Wildman–Crippen MR) is 76.1 cm³/mol. The molecule has 108 valence electrons. The first kappa shape index (κ1) is 15.0. The fourth-order valence-corrected chi connectivity index (χ4v) is 5.02. The second-order valence-electron chi connectivity index (χ2n) is 5.66. The van der Waals surface area contributed by atoms with Gasteiger partial charge in [0.25, 0.3) is 0 Å². The van der Waals surface area contributed by atoms with E-state index >= 15 is 0 Å². The average Bonchev–Trinajstić information content (AvgIpc) is 2.70. The van der Waals surface area contributed by atoms with Crippen molar-refractivity contribution >= 4 is 26.0 Å². The van der Waals surface area contributed by atoms with E-state index in [2.05, 4.69) is 29.8 Å². The fraction of sp³-hybridized carbons (Fsp3) is 0.667. The van der Waals surface area contributed by atoms with Crippen LogP contribution in [-0.2, 0) is 16.6 Å². The van der Waals surface area contributed by atoms with E-state index in [9.17, 15) is 8.42 Å². The topological polar surface area (TPSA) is 76.5 Å². The van der Waals surface area contributed by atoms with E-state index < -0.39 is 10.0 Å². The molecule has 2 N–H and O–H groups in total. The van der Waals surface area contributed by atoms with Crippen molar-refractivity contribution in [2.75, 3.05) is 13.1 Å². The fourth-order valence-electron chi connectivity index (χ4n) is 2.39. The van der Waals surface area contributed by atoms with Crippen LogP contribution in [0.25, 0.3) is 0 Å². The number of piperidine rings is 1. The normalized spacial score (nSPS) is 20.6. The highest BCUT2D eigenvalue weighted by atomic mass is 79.9. The smallest absolute Gasteiger partial charge is 0.247 e. The largest absolute Gasteiger partial charge is 0.452 e. The molecule has 0 amide bonds. The molecule has 1 aliphatic heterocycles. The molecule has 1 fully saturated rings. The van der Waals surface area contributed by atoms with Gasteiger partial charge in [-0.2, -0.15) is 4.31 Å². The molecule has 1 aromatic heterocycles. The molecule has 1 aromatic rings. The molecule has 0 aromatic carbocycles. The lowest BCUT2D eigenvalue weighted by Crippen LogP contribution is -2.43. The molecule has 2 heterocycles. The van der Waals surface area contributed by atoms with E-state index in [0.29, 0.717) is 18.8 Å². The monoisotopic (exact) mass is 350 g/mol. The van der Waals surface area contributed by atoms with Gasteiger partial charge in [-0.1, -0.05) is 13.8 Å². The van der Waals surface area contributed by atoms with Gasteiger partial charge in [-0.15, -0.1) is 0 Å². The van der Waals surface area contributed by atoms with Gasteiger partial charge in [0, 0.05) is 19.2 Å². The average molecular weight is 351 g/mol. The van der Waals surface area contributed by atoms with Crippen molar-refractivity contribution in [3.63, 3.8) is 0 Å². The van der Waals surface area contributed by atoms with Crippen LogP contribution in [0.4, 0.5) is 0 Å². The number of hydrogen-bond donors (Lipinski definition) is 1. The van der Waals surface area contributed by atoms with Crippen LogP contribution in [0, 0.1) is 5.41 Å². The number of nitrogens with zero attached hydrogens (tertiary/aromatic N) is 1. The lowest BCUT2D eigenvalue weighted by molar-refractivity contribution is 0.187. The summed E-state index contributed by atoms with van der Waals surface area (Å²) >= 11 is 3.16. The number of halogens is 1. The Hall–Kier alpha value is -0.370. The van der Waals surface area contributed by atoms with Crippen LogP contribution < -0.4 is 5.73 Å². The van der Waals surface area contributed by atoms with E-state index in [0.717, 1.165) is 12.8 Å². The third-order valence-corrected chi connectivity index (χ3v) is 6.09. The van der Waals surface area contributed by atoms with Gasteiger partial charge >= 0.3 is 0 Å². The molecule has 0 saturated carbocycles. The van der Waals surface area contributed by atoms with Crippen LogP contribution >= 0.6 is 15.9 Å². The predicted octanol–water partition coefficient (Wildman–Crippen LogP) is 2.31. The van der Waals surface area contributed by atoms with Crippen molar-refractivity contribution in [3.8, 4) is 0 Å². The molecule has 1 aliphatic rings. The van der Waals surface area contributed by atoms with Gasteiger partial charge in [0.15, 0.2) is 4.67 Å². The Labute approximate surface area is 122 Å². The first-order valence-corrected chi connectivity index (χ1v) is 8.48. The molecule has 0 radical (unpaired) electrons. The number of rotatable bonds is 3. The first-order valence-electron chi connectivity index (χ1n) is 6.25. The molecule has 2 rings (SSSR count). The van der Waals surface area contributed by atoms with Gasteiger partial charge < -0.3 is 10.2 Å². The van der Waals surface area contributed by atoms with E-state index in [1.165, 1.54) is 10.4 Å². The summed E-state index contributed by atoms with van der Waals surface area (Å²) in [4.78, 5) is 0.172. The van der Waals surface area contributed by atoms with Crippen LogP contribution in [0.2, 0.25) is 0 Å². The molecule has 0 unspecified atom stereocenters. The van der Waals surface area contributed by atoms with Gasteiger partial charge in [0.1, 0.15) is 10.7 Å². The minimum Gasteiger partial charge on any atom is -0.452 e. The molecular formula is C12H19BrN2O3S. The Morgan fingerprint density at radius 1 is 1.53 bits per heavy atom. The van der Waals surface area contributed by atoms with Crippen LogP contribution in [-0.4, -0.2) is 25.8 Å². The maximum absolute atomic E-state index is 12.6. The van der Waals surface area contributed by atoms with Crippen LogP contribution in [0.5, 0.6) is 0 Å². The Balaban J connectivity index is 2.34. The molecule has 0 spiro atoms. The van der Waals surface area contributed by atoms with Crippen molar-refractivity contribution in [1.29, 1.82) is 0 Å². The van der Waals surface area contributed by atoms with E-state index in [1.807, 2.05) is 0 Å². The SMILES string of the molecule is CC1(C)CCCN(S(=O)(=O)c2cc(CN)oc2Br)C1. The Morgan fingerprint density at radius 2 is 2.21 bits per heavy atom. The van der Waals surface area contributed by atoms with Gasteiger partial charge in [-0.05, 0) is 34.2 Å². The molecule has 0 aliphatic carbocycles. The zero-order valence-corrected chi connectivity index (χ0v) is 13.6. The molecule has 7 heteroatoms. The highest BCUT2D eigenvalue weighted by molar-refractivity contribution is 9.10. The number of nitrogens with two attached hydrogens (primary N) is 1. The molecule has 1 saturated heterocycles. The zero-order valence-electron chi connectivity index (χ0n) is 11.1. The number of furan rings is 1. The molecule has 0 bridgehead atoms. The summed E-state index contributed by atoms with van der Waals surface area (Å²) in [5.74, 6) is 0.460. The van der Waals surface area contributed by atoms with Crippen LogP contribution in [0.1, 0.15) is 32.4 Å². The van der Waals surface area contributed by atoms with Crippen molar-refractivity contribution in [1.82, 2.24) is 4.31 Å². The van der Waals surface area contributed by atoms with E-state index in [1.54, 1.807) is 0 Å². The highest BCUT2D eigenvalue weighted by Crippen LogP contribution is 2.34. The van der Waals surface area contributed by atoms with Crippen LogP contribution in [0.15, 0.2) is 20.0 Å². The summed E-state index contributed by atoms with van der Waals surface area (Å²) in [5, 5.41) is 0. The van der Waals surface area contributed by atoms with Gasteiger partial charge in [-0.25, -0.2) is 8.42 Å². The van der Waals surface area contributed by atoms with E-state index in [4.69, 9.17) is 10.2 Å². The number of hydrogen-bond acceptors (Lipinski definition) is 4. The van der Waals surface area contributed by atoms with Gasteiger partial charge in [-0.3, -0.25) is 0 Å². The van der Waals surface area contributed by atoms with E-state index in [-0.39, 0.29) is 21.5 Å². The Kier molecular flexibility index (Phi) is 4.11. The minimum absolute atomic E-state index is 0.0121. The molecule has 19 heavy (non-hydrogen) atoms. The summed E-state index contributed by atoms with van der Waals surface area (Å²) in [7, 11) is -3.52. The standard InChI is InChI=1S/C12H19BrN2O3S/c1-12(2)4-3-5-15(8-12)19(16,17)10-6-9(7-14)18-11(10)13/h6H,3-5,7-8,14H2,1-2H3. The quantitative estimate of drug-likeness (QED) is 0.907. The van der Waals surface area contributed by atoms with Crippen molar-refractivity contribution in [3.05, 3.63) is 16.5 Å². The van der Waals surface area contributed by atoms with Gasteiger partial charge in [0.2, 0.25) is 10.0 Å². The Bertz CT molecular complexity index is 566. The summed E-state index contributed by atoms with van der Waals surface area (Å²) in [5.41, 5.74) is 5.49. The highest BCUT2D eigenvalue weighted by Gasteiger charge is 2.36. The minimum atomic E-state index is -3.52. The zero-order chi connectivity index (χ0) is 14.3.